The van der Waals surface area contributed by atoms with Gasteiger partial charge in [0, 0.05) is 17.4 Å². The van der Waals surface area contributed by atoms with Crippen LogP contribution in [0.1, 0.15) is 0 Å². The number of benzene rings is 2. The van der Waals surface area contributed by atoms with E-state index in [0.29, 0.717) is 21.7 Å². The lowest BCUT2D eigenvalue weighted by Crippen LogP contribution is -2.12. The van der Waals surface area contributed by atoms with Gasteiger partial charge in [-0.25, -0.2) is 8.42 Å². The molecule has 106 valence electrons. The molecular weight excluding hydrogens is 310 g/mol. The van der Waals surface area contributed by atoms with Crippen LogP contribution in [-0.4, -0.2) is 18.4 Å². The topological polar surface area (TPSA) is 72.0 Å². The van der Waals surface area contributed by atoms with E-state index >= 15 is 0 Å². The van der Waals surface area contributed by atoms with Crippen molar-refractivity contribution in [1.82, 2.24) is 9.97 Å². The van der Waals surface area contributed by atoms with Gasteiger partial charge in [0.2, 0.25) is 0 Å². The monoisotopic (exact) mass is 319 g/mol. The van der Waals surface area contributed by atoms with Gasteiger partial charge in [-0.15, -0.1) is 0 Å². The average molecular weight is 320 g/mol. The maximum Gasteiger partial charge on any atom is 0.261 e. The van der Waals surface area contributed by atoms with E-state index in [-0.39, 0.29) is 4.90 Å². The van der Waals surface area contributed by atoms with Crippen LogP contribution in [-0.2, 0) is 10.0 Å². The van der Waals surface area contributed by atoms with Crippen molar-refractivity contribution in [2.24, 2.45) is 0 Å². The summed E-state index contributed by atoms with van der Waals surface area (Å²) in [6.07, 6.45) is 3.13. The highest BCUT2D eigenvalue weighted by molar-refractivity contribution is 7.92. The highest BCUT2D eigenvalue weighted by Crippen LogP contribution is 2.21. The lowest BCUT2D eigenvalue weighted by Gasteiger charge is -2.08. The lowest BCUT2D eigenvalue weighted by atomic mass is 10.3. The van der Waals surface area contributed by atoms with Crippen LogP contribution in [0.2, 0.25) is 5.02 Å². The molecule has 0 amide bonds. The van der Waals surface area contributed by atoms with Crippen molar-refractivity contribution in [2.75, 3.05) is 4.72 Å². The first kappa shape index (κ1) is 13.8. The standard InChI is InChI=1S/C14H10ClN3O2S/c15-10-2-1-3-12(8-10)21(19,20)18-11-4-5-13-14(9-11)17-7-6-16-13/h1-9,18H. The Balaban J connectivity index is 1.97. The quantitative estimate of drug-likeness (QED) is 0.805. The molecule has 21 heavy (non-hydrogen) atoms. The zero-order valence-corrected chi connectivity index (χ0v) is 12.3. The SMILES string of the molecule is O=S(=O)(Nc1ccc2nccnc2c1)c1cccc(Cl)c1. The molecule has 1 aromatic heterocycles. The van der Waals surface area contributed by atoms with Gasteiger partial charge >= 0.3 is 0 Å². The predicted octanol–water partition coefficient (Wildman–Crippen LogP) is 3.08. The number of sulfonamides is 1. The molecule has 0 fully saturated rings. The summed E-state index contributed by atoms with van der Waals surface area (Å²) < 4.78 is 27.1. The second-order valence-electron chi connectivity index (χ2n) is 4.32. The van der Waals surface area contributed by atoms with Gasteiger partial charge in [-0.05, 0) is 36.4 Å². The van der Waals surface area contributed by atoms with Crippen LogP contribution >= 0.6 is 11.6 Å². The molecule has 7 heteroatoms. The van der Waals surface area contributed by atoms with E-state index in [1.165, 1.54) is 12.1 Å². The molecule has 0 unspecified atom stereocenters. The molecule has 5 nitrogen and oxygen atoms in total. The van der Waals surface area contributed by atoms with E-state index in [2.05, 4.69) is 14.7 Å². The van der Waals surface area contributed by atoms with Crippen LogP contribution in [0.4, 0.5) is 5.69 Å². The minimum atomic E-state index is -3.69. The molecule has 0 spiro atoms. The Morgan fingerprint density at radius 1 is 0.952 bits per heavy atom. The third-order valence-electron chi connectivity index (χ3n) is 2.83. The fraction of sp³-hybridized carbons (Fsp3) is 0. The Morgan fingerprint density at radius 2 is 1.71 bits per heavy atom. The summed E-state index contributed by atoms with van der Waals surface area (Å²) in [6, 6.07) is 11.1. The van der Waals surface area contributed by atoms with Gasteiger partial charge in [0.15, 0.2) is 0 Å². The van der Waals surface area contributed by atoms with Crippen molar-refractivity contribution < 1.29 is 8.42 Å². The molecule has 0 atom stereocenters. The number of hydrogen-bond acceptors (Lipinski definition) is 4. The van der Waals surface area contributed by atoms with Crippen molar-refractivity contribution >= 4 is 38.3 Å². The van der Waals surface area contributed by atoms with Crippen molar-refractivity contribution in [3.63, 3.8) is 0 Å². The Hall–Kier alpha value is -2.18. The van der Waals surface area contributed by atoms with Crippen LogP contribution in [0.25, 0.3) is 11.0 Å². The van der Waals surface area contributed by atoms with Crippen molar-refractivity contribution in [3.05, 3.63) is 59.9 Å². The summed E-state index contributed by atoms with van der Waals surface area (Å²) >= 11 is 5.82. The maximum absolute atomic E-state index is 12.3. The van der Waals surface area contributed by atoms with E-state index in [1.54, 1.807) is 42.7 Å². The average Bonchev–Trinajstić information content (AvgIpc) is 2.47. The summed E-state index contributed by atoms with van der Waals surface area (Å²) in [6.45, 7) is 0. The zero-order valence-electron chi connectivity index (χ0n) is 10.7. The molecule has 3 rings (SSSR count). The maximum atomic E-state index is 12.3. The number of anilines is 1. The summed E-state index contributed by atoms with van der Waals surface area (Å²) in [5.41, 5.74) is 1.73. The third-order valence-corrected chi connectivity index (χ3v) is 4.44. The van der Waals surface area contributed by atoms with E-state index in [4.69, 9.17) is 11.6 Å². The Labute approximate surface area is 126 Å². The second-order valence-corrected chi connectivity index (χ2v) is 6.44. The molecule has 2 aromatic carbocycles. The van der Waals surface area contributed by atoms with Gasteiger partial charge in [0.25, 0.3) is 10.0 Å². The molecule has 1 heterocycles. The Morgan fingerprint density at radius 3 is 2.48 bits per heavy atom. The Bertz CT molecular complexity index is 913. The van der Waals surface area contributed by atoms with Crippen LogP contribution in [0.3, 0.4) is 0 Å². The number of nitrogens with zero attached hydrogens (tertiary/aromatic N) is 2. The first-order chi connectivity index (χ1) is 10.0. The molecule has 0 bridgehead atoms. The van der Waals surface area contributed by atoms with Crippen molar-refractivity contribution in [3.8, 4) is 0 Å². The van der Waals surface area contributed by atoms with E-state index in [1.807, 2.05) is 0 Å². The fourth-order valence-electron chi connectivity index (χ4n) is 1.87. The number of nitrogens with one attached hydrogen (secondary N) is 1. The minimum Gasteiger partial charge on any atom is -0.280 e. The molecule has 1 N–H and O–H groups in total. The highest BCUT2D eigenvalue weighted by atomic mass is 35.5. The van der Waals surface area contributed by atoms with Crippen molar-refractivity contribution in [1.29, 1.82) is 0 Å². The third kappa shape index (κ3) is 2.96. The van der Waals surface area contributed by atoms with Gasteiger partial charge in [-0.1, -0.05) is 17.7 Å². The lowest BCUT2D eigenvalue weighted by molar-refractivity contribution is 0.601. The van der Waals surface area contributed by atoms with Gasteiger partial charge in [-0.3, -0.25) is 14.7 Å². The fourth-order valence-corrected chi connectivity index (χ4v) is 3.22. The molecule has 0 aliphatic carbocycles. The first-order valence-corrected chi connectivity index (χ1v) is 7.90. The summed E-state index contributed by atoms with van der Waals surface area (Å²) in [4.78, 5) is 8.38. The smallest absolute Gasteiger partial charge is 0.261 e. The Kier molecular flexibility index (Phi) is 3.48. The van der Waals surface area contributed by atoms with E-state index in [0.717, 1.165) is 0 Å². The number of halogens is 1. The van der Waals surface area contributed by atoms with E-state index < -0.39 is 10.0 Å². The van der Waals surface area contributed by atoms with Gasteiger partial charge < -0.3 is 0 Å². The number of aromatic nitrogens is 2. The minimum absolute atomic E-state index is 0.106. The van der Waals surface area contributed by atoms with Crippen molar-refractivity contribution in [2.45, 2.75) is 4.90 Å². The number of rotatable bonds is 3. The largest absolute Gasteiger partial charge is 0.280 e. The first-order valence-electron chi connectivity index (χ1n) is 6.04. The normalized spacial score (nSPS) is 11.5. The number of fused-ring (bicyclic) bond motifs is 1. The molecule has 0 radical (unpaired) electrons. The van der Waals surface area contributed by atoms with Gasteiger partial charge in [0.1, 0.15) is 0 Å². The van der Waals surface area contributed by atoms with Crippen LogP contribution in [0.5, 0.6) is 0 Å². The zero-order chi connectivity index (χ0) is 14.9. The summed E-state index contributed by atoms with van der Waals surface area (Å²) in [5.74, 6) is 0. The molecular formula is C14H10ClN3O2S. The molecule has 0 saturated heterocycles. The molecule has 0 aliphatic heterocycles. The van der Waals surface area contributed by atoms with Crippen LogP contribution in [0, 0.1) is 0 Å². The molecule has 0 saturated carbocycles. The predicted molar refractivity (Wildman–Crippen MR) is 81.8 cm³/mol. The molecule has 3 aromatic rings. The summed E-state index contributed by atoms with van der Waals surface area (Å²) in [5, 5.41) is 0.363. The van der Waals surface area contributed by atoms with Gasteiger partial charge in [-0.2, -0.15) is 0 Å². The van der Waals surface area contributed by atoms with Crippen LogP contribution < -0.4 is 4.72 Å². The van der Waals surface area contributed by atoms with Gasteiger partial charge in [0.05, 0.1) is 21.6 Å². The second kappa shape index (κ2) is 5.31. The highest BCUT2D eigenvalue weighted by Gasteiger charge is 2.14. The van der Waals surface area contributed by atoms with E-state index in [9.17, 15) is 8.42 Å². The molecule has 0 aliphatic rings. The number of hydrogen-bond donors (Lipinski definition) is 1. The summed E-state index contributed by atoms with van der Waals surface area (Å²) in [7, 11) is -3.69. The van der Waals surface area contributed by atoms with Crippen LogP contribution in [0.15, 0.2) is 59.8 Å².